The summed E-state index contributed by atoms with van der Waals surface area (Å²) in [7, 11) is 0. The number of ether oxygens (including phenoxy) is 2. The fourth-order valence-corrected chi connectivity index (χ4v) is 2.71. The summed E-state index contributed by atoms with van der Waals surface area (Å²) >= 11 is 3.33. The van der Waals surface area contributed by atoms with Crippen LogP contribution in [0.5, 0.6) is 5.75 Å². The first kappa shape index (κ1) is 20.7. The minimum Gasteiger partial charge on any atom is -0.465 e. The van der Waals surface area contributed by atoms with Gasteiger partial charge >= 0.3 is 11.9 Å². The van der Waals surface area contributed by atoms with E-state index >= 15 is 0 Å². The second-order valence-corrected chi connectivity index (χ2v) is 6.74. The first-order valence-electron chi connectivity index (χ1n) is 8.65. The van der Waals surface area contributed by atoms with E-state index in [-0.39, 0.29) is 0 Å². The smallest absolute Gasteiger partial charge is 0.328 e. The quantitative estimate of drug-likeness (QED) is 0.232. The fourth-order valence-electron chi connectivity index (χ4n) is 2.45. The summed E-state index contributed by atoms with van der Waals surface area (Å²) in [5, 5.41) is 0. The van der Waals surface area contributed by atoms with E-state index in [0.29, 0.717) is 25.2 Å². The van der Waals surface area contributed by atoms with Gasteiger partial charge in [-0.3, -0.25) is 9.59 Å². The predicted octanol–water partition coefficient (Wildman–Crippen LogP) is 5.28. The number of rotatable bonds is 10. The standard InChI is InChI=1S/C19H27BrO4/c1-4-7-8-9-14-23-17(21)19(5-2,6-3)18(22)24-16-12-10-15(20)11-13-16/h10-13H,4-9,14H2,1-3H3. The van der Waals surface area contributed by atoms with Crippen molar-refractivity contribution in [1.82, 2.24) is 0 Å². The molecule has 5 heteroatoms. The third kappa shape index (κ3) is 5.62. The second kappa shape index (κ2) is 10.5. The molecular formula is C19H27BrO4. The summed E-state index contributed by atoms with van der Waals surface area (Å²) in [4.78, 5) is 25.1. The van der Waals surface area contributed by atoms with Gasteiger partial charge in [0, 0.05) is 4.47 Å². The van der Waals surface area contributed by atoms with Crippen LogP contribution in [0.4, 0.5) is 0 Å². The van der Waals surface area contributed by atoms with Crippen molar-refractivity contribution >= 4 is 27.9 Å². The number of hydrogen-bond acceptors (Lipinski definition) is 4. The van der Waals surface area contributed by atoms with Crippen molar-refractivity contribution in [3.05, 3.63) is 28.7 Å². The van der Waals surface area contributed by atoms with Crippen LogP contribution in [0, 0.1) is 5.41 Å². The normalized spacial score (nSPS) is 11.2. The van der Waals surface area contributed by atoms with E-state index in [1.54, 1.807) is 24.3 Å². The van der Waals surface area contributed by atoms with E-state index in [4.69, 9.17) is 9.47 Å². The van der Waals surface area contributed by atoms with E-state index in [9.17, 15) is 9.59 Å². The van der Waals surface area contributed by atoms with Crippen LogP contribution in [0.15, 0.2) is 28.7 Å². The fraction of sp³-hybridized carbons (Fsp3) is 0.579. The number of esters is 2. The minimum atomic E-state index is -1.24. The largest absolute Gasteiger partial charge is 0.465 e. The number of unbranched alkanes of at least 4 members (excludes halogenated alkanes) is 3. The number of benzene rings is 1. The van der Waals surface area contributed by atoms with Gasteiger partial charge in [0.05, 0.1) is 6.61 Å². The van der Waals surface area contributed by atoms with Gasteiger partial charge in [-0.15, -0.1) is 0 Å². The summed E-state index contributed by atoms with van der Waals surface area (Å²) in [6.45, 7) is 6.10. The summed E-state index contributed by atoms with van der Waals surface area (Å²) in [5.74, 6) is -0.607. The Balaban J connectivity index is 2.72. The molecule has 0 aliphatic rings. The summed E-state index contributed by atoms with van der Waals surface area (Å²) in [5.41, 5.74) is -1.24. The molecule has 0 unspecified atom stereocenters. The van der Waals surface area contributed by atoms with E-state index in [1.165, 1.54) is 0 Å². The molecule has 0 heterocycles. The van der Waals surface area contributed by atoms with Crippen LogP contribution in [0.2, 0.25) is 0 Å². The molecule has 0 spiro atoms. The highest BCUT2D eigenvalue weighted by molar-refractivity contribution is 9.10. The Morgan fingerprint density at radius 2 is 1.58 bits per heavy atom. The maximum absolute atomic E-state index is 12.6. The highest BCUT2D eigenvalue weighted by Gasteiger charge is 2.46. The van der Waals surface area contributed by atoms with E-state index in [2.05, 4.69) is 22.9 Å². The maximum atomic E-state index is 12.6. The molecule has 0 atom stereocenters. The van der Waals surface area contributed by atoms with Gasteiger partial charge in [-0.1, -0.05) is 56.0 Å². The van der Waals surface area contributed by atoms with Crippen LogP contribution in [-0.4, -0.2) is 18.5 Å². The van der Waals surface area contributed by atoms with Gasteiger partial charge in [0.1, 0.15) is 5.75 Å². The molecule has 0 aliphatic heterocycles. The number of hydrogen-bond donors (Lipinski definition) is 0. The van der Waals surface area contributed by atoms with Gasteiger partial charge in [0.25, 0.3) is 0 Å². The van der Waals surface area contributed by atoms with Gasteiger partial charge in [0.15, 0.2) is 5.41 Å². The molecule has 24 heavy (non-hydrogen) atoms. The number of carbonyl (C=O) groups is 2. The maximum Gasteiger partial charge on any atom is 0.328 e. The lowest BCUT2D eigenvalue weighted by molar-refractivity contribution is -0.168. The first-order valence-corrected chi connectivity index (χ1v) is 9.44. The number of halogens is 1. The van der Waals surface area contributed by atoms with Gasteiger partial charge in [-0.25, -0.2) is 0 Å². The molecule has 134 valence electrons. The van der Waals surface area contributed by atoms with E-state index in [1.807, 2.05) is 13.8 Å². The second-order valence-electron chi connectivity index (χ2n) is 5.83. The predicted molar refractivity (Wildman–Crippen MR) is 97.9 cm³/mol. The van der Waals surface area contributed by atoms with Crippen molar-refractivity contribution in [3.63, 3.8) is 0 Å². The minimum absolute atomic E-state index is 0.353. The Hall–Kier alpha value is -1.36. The lowest BCUT2D eigenvalue weighted by Gasteiger charge is -2.26. The average molecular weight is 399 g/mol. The van der Waals surface area contributed by atoms with Crippen molar-refractivity contribution in [3.8, 4) is 5.75 Å². The van der Waals surface area contributed by atoms with Crippen LogP contribution in [-0.2, 0) is 14.3 Å². The monoisotopic (exact) mass is 398 g/mol. The molecule has 0 aromatic heterocycles. The Labute approximate surface area is 153 Å². The Morgan fingerprint density at radius 3 is 2.12 bits per heavy atom. The molecule has 1 aromatic carbocycles. The molecule has 0 aliphatic carbocycles. The SMILES string of the molecule is CCCCCCOC(=O)C(CC)(CC)C(=O)Oc1ccc(Br)cc1. The Kier molecular flexibility index (Phi) is 9.04. The van der Waals surface area contributed by atoms with Gasteiger partial charge in [-0.2, -0.15) is 0 Å². The highest BCUT2D eigenvalue weighted by Crippen LogP contribution is 2.31. The molecule has 0 saturated carbocycles. The lowest BCUT2D eigenvalue weighted by atomic mass is 9.82. The third-order valence-electron chi connectivity index (χ3n) is 4.24. The highest BCUT2D eigenvalue weighted by atomic mass is 79.9. The van der Waals surface area contributed by atoms with Crippen LogP contribution >= 0.6 is 15.9 Å². The zero-order chi connectivity index (χ0) is 18.0. The molecule has 1 rings (SSSR count). The summed E-state index contributed by atoms with van der Waals surface area (Å²) in [6, 6.07) is 6.95. The van der Waals surface area contributed by atoms with Crippen LogP contribution < -0.4 is 4.74 Å². The molecule has 0 fully saturated rings. The first-order chi connectivity index (χ1) is 11.5. The van der Waals surface area contributed by atoms with Crippen molar-refractivity contribution in [2.75, 3.05) is 6.61 Å². The van der Waals surface area contributed by atoms with Crippen molar-refractivity contribution in [2.24, 2.45) is 5.41 Å². The van der Waals surface area contributed by atoms with Crippen molar-refractivity contribution in [2.45, 2.75) is 59.3 Å². The zero-order valence-electron chi connectivity index (χ0n) is 14.8. The molecule has 0 N–H and O–H groups in total. The van der Waals surface area contributed by atoms with Crippen molar-refractivity contribution < 1.29 is 19.1 Å². The van der Waals surface area contributed by atoms with Crippen LogP contribution in [0.25, 0.3) is 0 Å². The Bertz CT molecular complexity index is 521. The zero-order valence-corrected chi connectivity index (χ0v) is 16.4. The van der Waals surface area contributed by atoms with E-state index < -0.39 is 17.4 Å². The molecule has 0 bridgehead atoms. The topological polar surface area (TPSA) is 52.6 Å². The van der Waals surface area contributed by atoms with Gasteiger partial charge in [0.2, 0.25) is 0 Å². The van der Waals surface area contributed by atoms with Gasteiger partial charge in [-0.05, 0) is 43.5 Å². The Morgan fingerprint density at radius 1 is 0.958 bits per heavy atom. The lowest BCUT2D eigenvalue weighted by Crippen LogP contribution is -2.42. The van der Waals surface area contributed by atoms with Crippen LogP contribution in [0.1, 0.15) is 59.3 Å². The van der Waals surface area contributed by atoms with Crippen LogP contribution in [0.3, 0.4) is 0 Å². The number of carbonyl (C=O) groups excluding carboxylic acids is 2. The summed E-state index contributed by atoms with van der Waals surface area (Å²) in [6.07, 6.45) is 4.81. The average Bonchev–Trinajstić information content (AvgIpc) is 2.58. The van der Waals surface area contributed by atoms with Gasteiger partial charge < -0.3 is 9.47 Å². The molecule has 1 aromatic rings. The third-order valence-corrected chi connectivity index (χ3v) is 4.77. The molecule has 4 nitrogen and oxygen atoms in total. The van der Waals surface area contributed by atoms with E-state index in [0.717, 1.165) is 30.2 Å². The summed E-state index contributed by atoms with van der Waals surface area (Å²) < 4.78 is 11.7. The molecule has 0 radical (unpaired) electrons. The molecule has 0 amide bonds. The molecular weight excluding hydrogens is 372 g/mol. The van der Waals surface area contributed by atoms with Crippen molar-refractivity contribution in [1.29, 1.82) is 0 Å². The molecule has 0 saturated heterocycles.